The third-order valence-electron chi connectivity index (χ3n) is 3.02. The Morgan fingerprint density at radius 1 is 1.44 bits per heavy atom. The van der Waals surface area contributed by atoms with Crippen LogP contribution in [0, 0.1) is 5.92 Å². The maximum Gasteiger partial charge on any atom is 0.326 e. The summed E-state index contributed by atoms with van der Waals surface area (Å²) >= 11 is 0. The second kappa shape index (κ2) is 7.20. The number of hydrogen-bond acceptors (Lipinski definition) is 3. The van der Waals surface area contributed by atoms with Crippen LogP contribution in [0.4, 0.5) is 4.79 Å². The van der Waals surface area contributed by atoms with E-state index in [4.69, 9.17) is 9.84 Å². The first-order chi connectivity index (χ1) is 8.60. The first-order valence-corrected chi connectivity index (χ1v) is 6.46. The van der Waals surface area contributed by atoms with Crippen LogP contribution in [-0.4, -0.2) is 54.4 Å². The molecule has 0 aromatic heterocycles. The number of urea groups is 1. The van der Waals surface area contributed by atoms with E-state index < -0.39 is 12.0 Å². The lowest BCUT2D eigenvalue weighted by atomic mass is 10.2. The highest BCUT2D eigenvalue weighted by Crippen LogP contribution is 2.32. The maximum atomic E-state index is 11.9. The predicted octanol–water partition coefficient (Wildman–Crippen LogP) is 0.918. The second-order valence-corrected chi connectivity index (χ2v) is 4.38. The van der Waals surface area contributed by atoms with Gasteiger partial charge in [-0.05, 0) is 32.6 Å². The first kappa shape index (κ1) is 14.8. The molecule has 0 spiro atoms. The summed E-state index contributed by atoms with van der Waals surface area (Å²) < 4.78 is 5.19. The molecule has 2 N–H and O–H groups in total. The third-order valence-corrected chi connectivity index (χ3v) is 3.02. The van der Waals surface area contributed by atoms with Crippen LogP contribution >= 0.6 is 0 Å². The molecule has 0 saturated heterocycles. The molecule has 0 bridgehead atoms. The number of amides is 2. The molecule has 1 rings (SSSR count). The molecule has 1 fully saturated rings. The van der Waals surface area contributed by atoms with E-state index in [1.807, 2.05) is 13.8 Å². The van der Waals surface area contributed by atoms with Gasteiger partial charge in [-0.3, -0.25) is 0 Å². The van der Waals surface area contributed by atoms with Crippen LogP contribution in [0.25, 0.3) is 0 Å². The van der Waals surface area contributed by atoms with E-state index in [-0.39, 0.29) is 11.9 Å². The summed E-state index contributed by atoms with van der Waals surface area (Å²) in [5.41, 5.74) is 0. The number of ether oxygens (including phenoxy) is 1. The minimum Gasteiger partial charge on any atom is -0.480 e. The Hall–Kier alpha value is -1.30. The lowest BCUT2D eigenvalue weighted by Gasteiger charge is -2.23. The van der Waals surface area contributed by atoms with Gasteiger partial charge in [0.15, 0.2) is 0 Å². The zero-order valence-electron chi connectivity index (χ0n) is 11.0. The highest BCUT2D eigenvalue weighted by molar-refractivity contribution is 5.83. The van der Waals surface area contributed by atoms with Gasteiger partial charge in [-0.1, -0.05) is 0 Å². The Bertz CT molecular complexity index is 292. The average Bonchev–Trinajstić information content (AvgIpc) is 3.15. The highest BCUT2D eigenvalue weighted by atomic mass is 16.5. The first-order valence-electron chi connectivity index (χ1n) is 6.46. The fraction of sp³-hybridized carbons (Fsp3) is 0.833. The van der Waals surface area contributed by atoms with Gasteiger partial charge in [0.2, 0.25) is 0 Å². The Labute approximate surface area is 107 Å². The molecule has 0 aliphatic heterocycles. The number of likely N-dealkylation sites (N-methyl/N-ethyl adjacent to an activating group) is 1. The molecule has 0 aromatic carbocycles. The van der Waals surface area contributed by atoms with Gasteiger partial charge >= 0.3 is 12.0 Å². The predicted molar refractivity (Wildman–Crippen MR) is 66.4 cm³/mol. The van der Waals surface area contributed by atoms with E-state index in [9.17, 15) is 9.59 Å². The number of carbonyl (C=O) groups is 2. The van der Waals surface area contributed by atoms with Crippen molar-refractivity contribution >= 4 is 12.0 Å². The molecular weight excluding hydrogens is 236 g/mol. The van der Waals surface area contributed by atoms with E-state index in [2.05, 4.69) is 5.32 Å². The maximum absolute atomic E-state index is 11.9. The van der Waals surface area contributed by atoms with Gasteiger partial charge in [-0.15, -0.1) is 0 Å². The Morgan fingerprint density at radius 2 is 2.11 bits per heavy atom. The zero-order valence-corrected chi connectivity index (χ0v) is 11.0. The van der Waals surface area contributed by atoms with Crippen molar-refractivity contribution in [1.82, 2.24) is 10.2 Å². The minimum atomic E-state index is -0.952. The summed E-state index contributed by atoms with van der Waals surface area (Å²) in [6, 6.07) is -1.07. The van der Waals surface area contributed by atoms with Gasteiger partial charge in [0.1, 0.15) is 6.04 Å². The number of carbonyl (C=O) groups excluding carboxylic acids is 1. The number of hydrogen-bond donors (Lipinski definition) is 2. The van der Waals surface area contributed by atoms with Crippen LogP contribution in [0.3, 0.4) is 0 Å². The number of nitrogens with zero attached hydrogens (tertiary/aromatic N) is 1. The summed E-state index contributed by atoms with van der Waals surface area (Å²) in [6.45, 7) is 5.85. The monoisotopic (exact) mass is 258 g/mol. The number of carboxylic acid groups (broad SMARTS) is 1. The van der Waals surface area contributed by atoms with Crippen molar-refractivity contribution in [1.29, 1.82) is 0 Å². The van der Waals surface area contributed by atoms with Crippen molar-refractivity contribution in [2.75, 3.05) is 26.3 Å². The van der Waals surface area contributed by atoms with Crippen molar-refractivity contribution in [2.24, 2.45) is 5.92 Å². The number of rotatable bonds is 8. The molecule has 1 aliphatic carbocycles. The Morgan fingerprint density at radius 3 is 2.56 bits per heavy atom. The molecule has 1 aliphatic rings. The van der Waals surface area contributed by atoms with Crippen LogP contribution in [-0.2, 0) is 9.53 Å². The Kier molecular flexibility index (Phi) is 5.91. The van der Waals surface area contributed by atoms with Crippen molar-refractivity contribution in [3.8, 4) is 0 Å². The summed E-state index contributed by atoms with van der Waals surface area (Å²) in [5, 5.41) is 11.6. The van der Waals surface area contributed by atoms with Gasteiger partial charge in [-0.25, -0.2) is 9.59 Å². The SMILES string of the molecule is CCOCCN(CC)C(=O)NC(C(=O)O)C1CC1. The molecule has 0 aromatic rings. The van der Waals surface area contributed by atoms with E-state index >= 15 is 0 Å². The minimum absolute atomic E-state index is 0.0945. The molecule has 104 valence electrons. The van der Waals surface area contributed by atoms with Crippen molar-refractivity contribution in [3.63, 3.8) is 0 Å². The van der Waals surface area contributed by atoms with E-state index in [0.29, 0.717) is 26.3 Å². The fourth-order valence-corrected chi connectivity index (χ4v) is 1.76. The molecule has 6 heteroatoms. The molecule has 6 nitrogen and oxygen atoms in total. The number of aliphatic carboxylic acids is 1. The normalized spacial score (nSPS) is 16.1. The summed E-state index contributed by atoms with van der Waals surface area (Å²) in [4.78, 5) is 24.5. The van der Waals surface area contributed by atoms with Gasteiger partial charge < -0.3 is 20.1 Å². The lowest BCUT2D eigenvalue weighted by Crippen LogP contribution is -2.49. The van der Waals surface area contributed by atoms with Crippen LogP contribution in [0.15, 0.2) is 0 Å². The molecule has 2 amide bonds. The molecular formula is C12H22N2O4. The average molecular weight is 258 g/mol. The van der Waals surface area contributed by atoms with Gasteiger partial charge in [0.25, 0.3) is 0 Å². The van der Waals surface area contributed by atoms with Crippen LogP contribution < -0.4 is 5.32 Å². The molecule has 1 saturated carbocycles. The topological polar surface area (TPSA) is 78.9 Å². The van der Waals surface area contributed by atoms with Crippen molar-refractivity contribution < 1.29 is 19.4 Å². The van der Waals surface area contributed by atoms with Crippen molar-refractivity contribution in [3.05, 3.63) is 0 Å². The molecule has 1 atom stereocenters. The molecule has 1 unspecified atom stereocenters. The van der Waals surface area contributed by atoms with Crippen LogP contribution in [0.2, 0.25) is 0 Å². The summed E-state index contributed by atoms with van der Waals surface area (Å²) in [5.74, 6) is -0.858. The largest absolute Gasteiger partial charge is 0.480 e. The Balaban J connectivity index is 2.42. The quantitative estimate of drug-likeness (QED) is 0.634. The second-order valence-electron chi connectivity index (χ2n) is 4.38. The van der Waals surface area contributed by atoms with Crippen LogP contribution in [0.5, 0.6) is 0 Å². The fourth-order valence-electron chi connectivity index (χ4n) is 1.76. The van der Waals surface area contributed by atoms with Crippen molar-refractivity contribution in [2.45, 2.75) is 32.7 Å². The molecule has 18 heavy (non-hydrogen) atoms. The number of nitrogens with one attached hydrogen (secondary N) is 1. The smallest absolute Gasteiger partial charge is 0.326 e. The van der Waals surface area contributed by atoms with Gasteiger partial charge in [-0.2, -0.15) is 0 Å². The summed E-state index contributed by atoms with van der Waals surface area (Å²) in [6.07, 6.45) is 1.75. The van der Waals surface area contributed by atoms with E-state index in [1.165, 1.54) is 0 Å². The van der Waals surface area contributed by atoms with E-state index in [1.54, 1.807) is 4.90 Å². The number of carboxylic acids is 1. The van der Waals surface area contributed by atoms with Gasteiger partial charge in [0, 0.05) is 19.7 Å². The van der Waals surface area contributed by atoms with E-state index in [0.717, 1.165) is 12.8 Å². The highest BCUT2D eigenvalue weighted by Gasteiger charge is 2.37. The third kappa shape index (κ3) is 4.52. The lowest BCUT2D eigenvalue weighted by molar-refractivity contribution is -0.139. The summed E-state index contributed by atoms with van der Waals surface area (Å²) in [7, 11) is 0. The van der Waals surface area contributed by atoms with Gasteiger partial charge in [0.05, 0.1) is 6.61 Å². The zero-order chi connectivity index (χ0) is 13.5. The standard InChI is InChI=1S/C12H22N2O4/c1-3-14(7-8-18-4-2)12(17)13-10(11(15)16)9-5-6-9/h9-10H,3-8H2,1-2H3,(H,13,17)(H,15,16). The molecule has 0 heterocycles. The molecule has 0 radical (unpaired) electrons. The van der Waals surface area contributed by atoms with Crippen LogP contribution in [0.1, 0.15) is 26.7 Å².